The predicted octanol–water partition coefficient (Wildman–Crippen LogP) is 4.78. The zero-order chi connectivity index (χ0) is 21.6. The van der Waals surface area contributed by atoms with E-state index in [1.807, 2.05) is 32.0 Å². The summed E-state index contributed by atoms with van der Waals surface area (Å²) in [6.07, 6.45) is 0.985. The molecule has 2 atom stereocenters. The van der Waals surface area contributed by atoms with Gasteiger partial charge >= 0.3 is 0 Å². The van der Waals surface area contributed by atoms with Crippen LogP contribution in [0.3, 0.4) is 0 Å². The van der Waals surface area contributed by atoms with Gasteiger partial charge in [-0.1, -0.05) is 38.1 Å². The molecule has 154 valence electrons. The van der Waals surface area contributed by atoms with Crippen LogP contribution in [0.25, 0.3) is 0 Å². The molecule has 4 rings (SSSR count). The Morgan fingerprint density at radius 3 is 2.60 bits per heavy atom. The third kappa shape index (κ3) is 3.40. The molecule has 2 unspecified atom stereocenters. The topological polar surface area (TPSA) is 92.9 Å². The maximum absolute atomic E-state index is 13.4. The first-order valence-electron chi connectivity index (χ1n) is 9.91. The van der Waals surface area contributed by atoms with Gasteiger partial charge in [0, 0.05) is 31.2 Å². The third-order valence-electron chi connectivity index (χ3n) is 5.78. The number of hydrogen-bond donors (Lipinski definition) is 0. The second-order valence-electron chi connectivity index (χ2n) is 8.74. The van der Waals surface area contributed by atoms with Gasteiger partial charge in [-0.3, -0.25) is 24.7 Å². The molecule has 0 N–H and O–H groups in total. The van der Waals surface area contributed by atoms with Crippen molar-refractivity contribution in [1.29, 1.82) is 0 Å². The van der Waals surface area contributed by atoms with Gasteiger partial charge in [0.25, 0.3) is 5.69 Å². The maximum Gasteiger partial charge on any atom is 0.269 e. The largest absolute Gasteiger partial charge is 0.302 e. The summed E-state index contributed by atoms with van der Waals surface area (Å²) in [5, 5.41) is 11.4. The van der Waals surface area contributed by atoms with Crippen molar-refractivity contribution < 1.29 is 14.5 Å². The fourth-order valence-corrected chi connectivity index (χ4v) is 4.64. The zero-order valence-corrected chi connectivity index (χ0v) is 17.2. The number of rotatable bonds is 2. The van der Waals surface area contributed by atoms with Crippen LogP contribution in [-0.2, 0) is 9.59 Å². The summed E-state index contributed by atoms with van der Waals surface area (Å²) < 4.78 is 0. The molecule has 2 aliphatic rings. The summed E-state index contributed by atoms with van der Waals surface area (Å²) in [7, 11) is 0. The Labute approximate surface area is 174 Å². The Bertz CT molecular complexity index is 1090. The monoisotopic (exact) mass is 405 g/mol. The van der Waals surface area contributed by atoms with Crippen molar-refractivity contribution in [3.05, 3.63) is 64.2 Å². The van der Waals surface area contributed by atoms with Gasteiger partial charge in [0.05, 0.1) is 28.3 Å². The molecule has 1 fully saturated rings. The molecule has 7 heteroatoms. The van der Waals surface area contributed by atoms with Gasteiger partial charge in [0.15, 0.2) is 0 Å². The first-order valence-corrected chi connectivity index (χ1v) is 9.91. The van der Waals surface area contributed by atoms with Crippen LogP contribution >= 0.6 is 0 Å². The molecule has 7 nitrogen and oxygen atoms in total. The van der Waals surface area contributed by atoms with E-state index < -0.39 is 16.9 Å². The second-order valence-corrected chi connectivity index (χ2v) is 8.74. The Balaban J connectivity index is 1.99. The van der Waals surface area contributed by atoms with E-state index in [0.29, 0.717) is 29.8 Å². The van der Waals surface area contributed by atoms with Crippen molar-refractivity contribution in [2.45, 2.75) is 39.7 Å². The Hall–Kier alpha value is -3.35. The normalized spacial score (nSPS) is 22.4. The minimum atomic E-state index is -0.687. The predicted molar refractivity (Wildman–Crippen MR) is 114 cm³/mol. The lowest BCUT2D eigenvalue weighted by atomic mass is 9.68. The highest BCUT2D eigenvalue weighted by Gasteiger charge is 2.47. The highest BCUT2D eigenvalue weighted by atomic mass is 16.6. The van der Waals surface area contributed by atoms with Crippen LogP contribution in [0.1, 0.15) is 45.2 Å². The van der Waals surface area contributed by atoms with Crippen molar-refractivity contribution in [2.24, 2.45) is 16.3 Å². The van der Waals surface area contributed by atoms with Crippen LogP contribution in [0.2, 0.25) is 0 Å². The number of nitro benzene ring substituents is 1. The maximum atomic E-state index is 13.4. The van der Waals surface area contributed by atoms with Crippen LogP contribution in [-0.4, -0.2) is 22.3 Å². The molecule has 0 spiro atoms. The molecular formula is C23H23N3O4. The summed E-state index contributed by atoms with van der Waals surface area (Å²) in [5.41, 5.74) is 2.21. The number of aliphatic imine (C=N–C) groups is 1. The molecule has 1 saturated carbocycles. The van der Waals surface area contributed by atoms with Crippen molar-refractivity contribution in [3.63, 3.8) is 0 Å². The van der Waals surface area contributed by atoms with Crippen LogP contribution in [0, 0.1) is 21.4 Å². The molecule has 0 radical (unpaired) electrons. The summed E-state index contributed by atoms with van der Waals surface area (Å²) in [6.45, 7) is 5.51. The smallest absolute Gasteiger partial charge is 0.269 e. The summed E-state index contributed by atoms with van der Waals surface area (Å²) in [5.74, 6) is -0.884. The number of ketones is 1. The number of carbonyl (C=O) groups is 2. The fourth-order valence-electron chi connectivity index (χ4n) is 4.64. The SMILES string of the molecule is CC(=O)N1c2ccccc2N=C2CC(C)(C)CC(=O)C2C1c1cccc([N+](=O)[O-])c1. The first-order chi connectivity index (χ1) is 14.2. The number of amides is 1. The van der Waals surface area contributed by atoms with Crippen molar-refractivity contribution in [1.82, 2.24) is 0 Å². The second kappa shape index (κ2) is 7.16. The number of nitrogens with zero attached hydrogens (tertiary/aromatic N) is 3. The number of anilines is 1. The lowest BCUT2D eigenvalue weighted by Gasteiger charge is -2.40. The van der Waals surface area contributed by atoms with E-state index in [1.54, 1.807) is 23.1 Å². The Morgan fingerprint density at radius 1 is 1.17 bits per heavy atom. The first kappa shape index (κ1) is 19.9. The molecule has 1 aliphatic carbocycles. The summed E-state index contributed by atoms with van der Waals surface area (Å²) >= 11 is 0. The van der Waals surface area contributed by atoms with E-state index in [0.717, 1.165) is 5.71 Å². The quantitative estimate of drug-likeness (QED) is 0.531. The number of hydrogen-bond acceptors (Lipinski definition) is 5. The van der Waals surface area contributed by atoms with E-state index >= 15 is 0 Å². The van der Waals surface area contributed by atoms with Crippen molar-refractivity contribution in [2.75, 3.05) is 4.90 Å². The average molecular weight is 405 g/mol. The average Bonchev–Trinajstić information content (AvgIpc) is 2.81. The molecule has 2 aromatic rings. The van der Waals surface area contributed by atoms with Gasteiger partial charge < -0.3 is 4.90 Å². The van der Waals surface area contributed by atoms with Crippen LogP contribution in [0.4, 0.5) is 17.1 Å². The van der Waals surface area contributed by atoms with Gasteiger partial charge in [-0.25, -0.2) is 0 Å². The minimum Gasteiger partial charge on any atom is -0.302 e. The number of carbonyl (C=O) groups excluding carboxylic acids is 2. The molecule has 0 saturated heterocycles. The zero-order valence-electron chi connectivity index (χ0n) is 17.2. The van der Waals surface area contributed by atoms with Gasteiger partial charge in [-0.15, -0.1) is 0 Å². The lowest BCUT2D eigenvalue weighted by Crippen LogP contribution is -2.46. The minimum absolute atomic E-state index is 0.000521. The van der Waals surface area contributed by atoms with Crippen molar-refractivity contribution >= 4 is 34.5 Å². The number of nitro groups is 1. The molecule has 30 heavy (non-hydrogen) atoms. The van der Waals surface area contributed by atoms with Crippen LogP contribution in [0.15, 0.2) is 53.5 Å². The summed E-state index contributed by atoms with van der Waals surface area (Å²) in [6, 6.07) is 12.8. The number of fused-ring (bicyclic) bond motifs is 2. The molecule has 1 amide bonds. The van der Waals surface area contributed by atoms with Gasteiger partial charge in [0.1, 0.15) is 5.78 Å². The lowest BCUT2D eigenvalue weighted by molar-refractivity contribution is -0.384. The van der Waals surface area contributed by atoms with E-state index in [1.165, 1.54) is 19.1 Å². The van der Waals surface area contributed by atoms with E-state index in [4.69, 9.17) is 4.99 Å². The molecule has 0 bridgehead atoms. The van der Waals surface area contributed by atoms with Gasteiger partial charge in [0.2, 0.25) is 5.91 Å². The Morgan fingerprint density at radius 2 is 1.90 bits per heavy atom. The van der Waals surface area contributed by atoms with Crippen LogP contribution < -0.4 is 4.90 Å². The fraction of sp³-hybridized carbons (Fsp3) is 0.348. The molecule has 1 heterocycles. The number of Topliss-reactive ketones (excluding diaryl/α,β-unsaturated/α-hetero) is 1. The van der Waals surface area contributed by atoms with Crippen LogP contribution in [0.5, 0.6) is 0 Å². The van der Waals surface area contributed by atoms with Crippen molar-refractivity contribution in [3.8, 4) is 0 Å². The van der Waals surface area contributed by atoms with E-state index in [2.05, 4.69) is 0 Å². The third-order valence-corrected chi connectivity index (χ3v) is 5.78. The number of non-ortho nitro benzene ring substituents is 1. The highest BCUT2D eigenvalue weighted by Crippen LogP contribution is 2.48. The molecule has 1 aliphatic heterocycles. The van der Waals surface area contributed by atoms with Gasteiger partial charge in [-0.2, -0.15) is 0 Å². The molecule has 0 aromatic heterocycles. The Kier molecular flexibility index (Phi) is 4.76. The summed E-state index contributed by atoms with van der Waals surface area (Å²) in [4.78, 5) is 43.6. The number of benzene rings is 2. The standard InChI is InChI=1S/C23H23N3O4/c1-14(27)25-19-10-5-4-9-17(19)24-18-12-23(2,3)13-20(28)21(18)22(25)15-7-6-8-16(11-15)26(29)30/h4-11,21-22H,12-13H2,1-3H3. The number of para-hydroxylation sites is 2. The molecular weight excluding hydrogens is 382 g/mol. The molecule has 2 aromatic carbocycles. The van der Waals surface area contributed by atoms with E-state index in [-0.39, 0.29) is 22.8 Å². The highest BCUT2D eigenvalue weighted by molar-refractivity contribution is 6.12. The van der Waals surface area contributed by atoms with Gasteiger partial charge in [-0.05, 0) is 29.5 Å². The van der Waals surface area contributed by atoms with E-state index in [9.17, 15) is 19.7 Å².